The van der Waals surface area contributed by atoms with Gasteiger partial charge in [-0.2, -0.15) is 0 Å². The Morgan fingerprint density at radius 2 is 2.29 bits per heavy atom. The number of rotatable bonds is 1. The molecule has 0 radical (unpaired) electrons. The Morgan fingerprint density at radius 1 is 1.29 bits per heavy atom. The second kappa shape index (κ2) is 2.66. The molecule has 0 saturated heterocycles. The van der Waals surface area contributed by atoms with Gasteiger partial charge < -0.3 is 9.40 Å². The number of hydrogen-bond acceptors (Lipinski definition) is 4. The molecule has 0 bridgehead atoms. The van der Waals surface area contributed by atoms with Crippen LogP contribution in [-0.4, -0.2) is 20.2 Å². The molecule has 5 nitrogen and oxygen atoms in total. The van der Waals surface area contributed by atoms with Crippen molar-refractivity contribution < 1.29 is 4.42 Å². The van der Waals surface area contributed by atoms with Crippen LogP contribution in [0.2, 0.25) is 0 Å². The highest BCUT2D eigenvalue weighted by Gasteiger charge is 2.04. The van der Waals surface area contributed by atoms with Gasteiger partial charge in [0.2, 0.25) is 0 Å². The maximum absolute atomic E-state index is 5.18. The molecular formula is C9H6N4O. The van der Waals surface area contributed by atoms with Crippen LogP contribution in [0.5, 0.6) is 0 Å². The number of nitrogens with one attached hydrogen (secondary N) is 1. The Labute approximate surface area is 78.8 Å². The van der Waals surface area contributed by atoms with Gasteiger partial charge >= 0.3 is 0 Å². The number of fused-ring (bicyclic) bond motifs is 1. The van der Waals surface area contributed by atoms with Crippen LogP contribution in [0.3, 0.4) is 0 Å². The normalized spacial score (nSPS) is 10.9. The average molecular weight is 186 g/mol. The van der Waals surface area contributed by atoms with Crippen molar-refractivity contribution in [3.63, 3.8) is 0 Å². The summed E-state index contributed by atoms with van der Waals surface area (Å²) in [5, 5.41) is 7.62. The van der Waals surface area contributed by atoms with E-state index in [1.54, 1.807) is 6.33 Å². The quantitative estimate of drug-likeness (QED) is 0.626. The fourth-order valence-electron chi connectivity index (χ4n) is 1.35. The molecule has 68 valence electrons. The number of nitrogens with zero attached hydrogens (tertiary/aromatic N) is 3. The zero-order valence-corrected chi connectivity index (χ0v) is 7.14. The average Bonchev–Trinajstić information content (AvgIpc) is 2.88. The highest BCUT2D eigenvalue weighted by Crippen LogP contribution is 2.20. The summed E-state index contributed by atoms with van der Waals surface area (Å²) < 4.78 is 5.18. The molecule has 14 heavy (non-hydrogen) atoms. The summed E-state index contributed by atoms with van der Waals surface area (Å²) in [5.41, 5.74) is 2.53. The Kier molecular flexibility index (Phi) is 1.38. The number of aromatic amines is 1. The Balaban J connectivity index is 2.23. The van der Waals surface area contributed by atoms with Crippen molar-refractivity contribution in [3.05, 3.63) is 30.9 Å². The predicted octanol–water partition coefficient (Wildman–Crippen LogP) is 1.61. The van der Waals surface area contributed by atoms with E-state index < -0.39 is 0 Å². The summed E-state index contributed by atoms with van der Waals surface area (Å²) in [4.78, 5) is 6.95. The van der Waals surface area contributed by atoms with Crippen LogP contribution in [-0.2, 0) is 0 Å². The van der Waals surface area contributed by atoms with Crippen molar-refractivity contribution in [1.82, 2.24) is 20.2 Å². The fourth-order valence-corrected chi connectivity index (χ4v) is 1.35. The zero-order chi connectivity index (χ0) is 9.38. The van der Waals surface area contributed by atoms with Gasteiger partial charge in [-0.05, 0) is 18.2 Å². The third-order valence-corrected chi connectivity index (χ3v) is 2.02. The van der Waals surface area contributed by atoms with Crippen molar-refractivity contribution in [2.24, 2.45) is 0 Å². The molecule has 0 unspecified atom stereocenters. The van der Waals surface area contributed by atoms with Gasteiger partial charge in [0.15, 0.2) is 17.8 Å². The van der Waals surface area contributed by atoms with E-state index in [0.29, 0.717) is 0 Å². The van der Waals surface area contributed by atoms with Gasteiger partial charge in [-0.1, -0.05) is 0 Å². The van der Waals surface area contributed by atoms with Gasteiger partial charge in [0, 0.05) is 5.56 Å². The van der Waals surface area contributed by atoms with E-state index in [-0.39, 0.29) is 0 Å². The van der Waals surface area contributed by atoms with E-state index in [1.807, 2.05) is 18.2 Å². The van der Waals surface area contributed by atoms with Crippen LogP contribution < -0.4 is 0 Å². The fraction of sp³-hybridized carbons (Fsp3) is 0. The molecule has 1 aromatic carbocycles. The minimum Gasteiger partial charge on any atom is -0.443 e. The van der Waals surface area contributed by atoms with E-state index in [2.05, 4.69) is 20.2 Å². The van der Waals surface area contributed by atoms with Gasteiger partial charge in [-0.25, -0.2) is 4.98 Å². The second-order valence-corrected chi connectivity index (χ2v) is 2.87. The molecule has 2 aromatic heterocycles. The monoisotopic (exact) mass is 186 g/mol. The van der Waals surface area contributed by atoms with Gasteiger partial charge in [0.05, 0.1) is 0 Å². The number of benzene rings is 1. The maximum atomic E-state index is 5.18. The van der Waals surface area contributed by atoms with Gasteiger partial charge in [-0.3, -0.25) is 0 Å². The molecule has 0 fully saturated rings. The van der Waals surface area contributed by atoms with Crippen LogP contribution in [0.1, 0.15) is 0 Å². The molecule has 0 saturated carbocycles. The van der Waals surface area contributed by atoms with Crippen LogP contribution in [0, 0.1) is 0 Å². The highest BCUT2D eigenvalue weighted by molar-refractivity contribution is 5.77. The third-order valence-electron chi connectivity index (χ3n) is 2.02. The Morgan fingerprint density at radius 3 is 3.14 bits per heavy atom. The summed E-state index contributed by atoms with van der Waals surface area (Å²) in [6.45, 7) is 0. The Hall–Kier alpha value is -2.17. The number of H-pyrrole nitrogens is 1. The first-order valence-electron chi connectivity index (χ1n) is 4.13. The Bertz CT molecular complexity index is 555. The van der Waals surface area contributed by atoms with Crippen molar-refractivity contribution in [2.75, 3.05) is 0 Å². The van der Waals surface area contributed by atoms with Gasteiger partial charge in [0.1, 0.15) is 11.8 Å². The van der Waals surface area contributed by atoms with Crippen LogP contribution in [0.4, 0.5) is 0 Å². The molecule has 5 heteroatoms. The zero-order valence-electron chi connectivity index (χ0n) is 7.14. The largest absolute Gasteiger partial charge is 0.443 e. The smallest absolute Gasteiger partial charge is 0.181 e. The van der Waals surface area contributed by atoms with Crippen molar-refractivity contribution in [3.8, 4) is 11.4 Å². The topological polar surface area (TPSA) is 67.6 Å². The lowest BCUT2D eigenvalue weighted by Gasteiger charge is -1.93. The molecule has 3 rings (SSSR count). The van der Waals surface area contributed by atoms with Crippen LogP contribution in [0.25, 0.3) is 22.5 Å². The van der Waals surface area contributed by atoms with Crippen LogP contribution >= 0.6 is 0 Å². The van der Waals surface area contributed by atoms with E-state index in [0.717, 1.165) is 22.5 Å². The molecule has 2 heterocycles. The van der Waals surface area contributed by atoms with E-state index in [1.165, 1.54) is 6.39 Å². The van der Waals surface area contributed by atoms with Crippen molar-refractivity contribution in [1.29, 1.82) is 0 Å². The first-order chi connectivity index (χ1) is 6.93. The van der Waals surface area contributed by atoms with Gasteiger partial charge in [-0.15, -0.1) is 10.2 Å². The maximum Gasteiger partial charge on any atom is 0.181 e. The summed E-state index contributed by atoms with van der Waals surface area (Å²) in [6, 6.07) is 5.69. The van der Waals surface area contributed by atoms with Crippen LogP contribution in [0.15, 0.2) is 35.3 Å². The SMILES string of the molecule is c1nnc(-c2ccc3ncoc3c2)[nH]1. The van der Waals surface area contributed by atoms with E-state index in [4.69, 9.17) is 4.42 Å². The van der Waals surface area contributed by atoms with Gasteiger partial charge in [0.25, 0.3) is 0 Å². The standard InChI is InChI=1S/C9H6N4O/c1-2-7-8(14-5-11-7)3-6(1)9-10-4-12-13-9/h1-5H,(H,10,12,13). The third kappa shape index (κ3) is 0.990. The molecule has 1 N–H and O–H groups in total. The molecule has 0 aliphatic heterocycles. The summed E-state index contributed by atoms with van der Waals surface area (Å²) in [6.07, 6.45) is 2.97. The first-order valence-corrected chi connectivity index (χ1v) is 4.13. The molecule has 3 aromatic rings. The number of oxazole rings is 1. The second-order valence-electron chi connectivity index (χ2n) is 2.87. The van der Waals surface area contributed by atoms with E-state index >= 15 is 0 Å². The predicted molar refractivity (Wildman–Crippen MR) is 49.4 cm³/mol. The lowest BCUT2D eigenvalue weighted by Crippen LogP contribution is -1.80. The minimum absolute atomic E-state index is 0.725. The lowest BCUT2D eigenvalue weighted by molar-refractivity contribution is 0.602. The molecule has 0 aliphatic carbocycles. The van der Waals surface area contributed by atoms with Crippen molar-refractivity contribution >= 4 is 11.1 Å². The lowest BCUT2D eigenvalue weighted by atomic mass is 10.2. The summed E-state index contributed by atoms with van der Waals surface area (Å²) in [7, 11) is 0. The highest BCUT2D eigenvalue weighted by atomic mass is 16.3. The van der Waals surface area contributed by atoms with E-state index in [9.17, 15) is 0 Å². The first kappa shape index (κ1) is 7.25. The summed E-state index contributed by atoms with van der Waals surface area (Å²) >= 11 is 0. The minimum atomic E-state index is 0.725. The van der Waals surface area contributed by atoms with Crippen molar-refractivity contribution in [2.45, 2.75) is 0 Å². The molecule has 0 spiro atoms. The molecular weight excluding hydrogens is 180 g/mol. The molecule has 0 amide bonds. The molecule has 0 aliphatic rings. The summed E-state index contributed by atoms with van der Waals surface area (Å²) in [5.74, 6) is 0.725. The number of hydrogen-bond donors (Lipinski definition) is 1. The number of aromatic nitrogens is 4. The molecule has 0 atom stereocenters.